The molecule has 0 bridgehead atoms. The van der Waals surface area contributed by atoms with Gasteiger partial charge in [-0.1, -0.05) is 30.3 Å². The van der Waals surface area contributed by atoms with Crippen molar-refractivity contribution < 1.29 is 13.2 Å². The Balaban J connectivity index is 1.48. The summed E-state index contributed by atoms with van der Waals surface area (Å²) in [7, 11) is -3.42. The summed E-state index contributed by atoms with van der Waals surface area (Å²) in [4.78, 5) is 4.64. The van der Waals surface area contributed by atoms with E-state index in [2.05, 4.69) is 34.6 Å². The Kier molecular flexibility index (Phi) is 5.66. The molecule has 6 nitrogen and oxygen atoms in total. The average molecular weight is 402 g/mol. The second-order valence-electron chi connectivity index (χ2n) is 7.60. The van der Waals surface area contributed by atoms with E-state index >= 15 is 0 Å². The number of sulfonamides is 1. The Hall–Kier alpha value is -1.96. The minimum Gasteiger partial charge on any atom is -0.381 e. The van der Waals surface area contributed by atoms with Gasteiger partial charge in [0.1, 0.15) is 10.7 Å². The van der Waals surface area contributed by atoms with Crippen molar-refractivity contribution in [3.8, 4) is 0 Å². The molecule has 1 aromatic carbocycles. The largest absolute Gasteiger partial charge is 0.381 e. The lowest BCUT2D eigenvalue weighted by atomic mass is 9.74. The number of hydrogen-bond donors (Lipinski definition) is 1. The first-order valence-corrected chi connectivity index (χ1v) is 11.4. The van der Waals surface area contributed by atoms with Crippen molar-refractivity contribution in [3.63, 3.8) is 0 Å². The molecule has 2 aromatic rings. The number of ether oxygens (including phenoxy) is 1. The third-order valence-electron chi connectivity index (χ3n) is 5.88. The van der Waals surface area contributed by atoms with Crippen molar-refractivity contribution in [2.75, 3.05) is 38.2 Å². The molecule has 0 atom stereocenters. The molecule has 2 fully saturated rings. The van der Waals surface area contributed by atoms with E-state index in [1.807, 2.05) is 6.07 Å². The van der Waals surface area contributed by atoms with Gasteiger partial charge in [-0.25, -0.2) is 13.4 Å². The molecule has 4 rings (SSSR count). The number of pyridine rings is 1. The van der Waals surface area contributed by atoms with E-state index in [9.17, 15) is 8.42 Å². The van der Waals surface area contributed by atoms with Crippen LogP contribution in [0.5, 0.6) is 0 Å². The highest BCUT2D eigenvalue weighted by atomic mass is 32.2. The highest BCUT2D eigenvalue weighted by Gasteiger charge is 2.34. The van der Waals surface area contributed by atoms with Gasteiger partial charge < -0.3 is 10.1 Å². The van der Waals surface area contributed by atoms with Gasteiger partial charge in [0.15, 0.2) is 0 Å². The van der Waals surface area contributed by atoms with Gasteiger partial charge in [0.2, 0.25) is 10.0 Å². The number of nitrogens with zero attached hydrogens (tertiary/aromatic N) is 2. The second kappa shape index (κ2) is 8.19. The predicted octanol–water partition coefficient (Wildman–Crippen LogP) is 3.03. The van der Waals surface area contributed by atoms with Crippen LogP contribution < -0.4 is 5.32 Å². The van der Waals surface area contributed by atoms with Gasteiger partial charge in [0, 0.05) is 44.5 Å². The van der Waals surface area contributed by atoms with Crippen LogP contribution in [0.25, 0.3) is 0 Å². The van der Waals surface area contributed by atoms with Crippen LogP contribution in [0.3, 0.4) is 0 Å². The maximum atomic E-state index is 12.6. The van der Waals surface area contributed by atoms with Crippen LogP contribution in [0, 0.1) is 0 Å². The van der Waals surface area contributed by atoms with E-state index in [4.69, 9.17) is 4.74 Å². The molecule has 2 saturated heterocycles. The van der Waals surface area contributed by atoms with Crippen molar-refractivity contribution in [1.82, 2.24) is 9.29 Å². The van der Waals surface area contributed by atoms with Crippen LogP contribution in [0.4, 0.5) is 5.82 Å². The molecule has 7 heteroatoms. The van der Waals surface area contributed by atoms with Crippen LogP contribution in [-0.4, -0.2) is 50.6 Å². The molecule has 2 aliphatic rings. The number of benzene rings is 1. The van der Waals surface area contributed by atoms with Gasteiger partial charge in [-0.3, -0.25) is 0 Å². The molecule has 0 radical (unpaired) electrons. The average Bonchev–Trinajstić information content (AvgIpc) is 3.30. The van der Waals surface area contributed by atoms with Gasteiger partial charge in [-0.2, -0.15) is 4.31 Å². The molecule has 0 aliphatic carbocycles. The fourth-order valence-corrected chi connectivity index (χ4v) is 5.56. The summed E-state index contributed by atoms with van der Waals surface area (Å²) in [6, 6.07) is 13.9. The quantitative estimate of drug-likeness (QED) is 0.806. The molecule has 1 N–H and O–H groups in total. The highest BCUT2D eigenvalue weighted by Crippen LogP contribution is 2.35. The van der Waals surface area contributed by atoms with Crippen molar-refractivity contribution in [3.05, 3.63) is 54.2 Å². The van der Waals surface area contributed by atoms with Crippen LogP contribution in [0.1, 0.15) is 31.2 Å². The molecule has 0 saturated carbocycles. The topological polar surface area (TPSA) is 71.5 Å². The predicted molar refractivity (Wildman–Crippen MR) is 109 cm³/mol. The molecule has 2 aliphatic heterocycles. The number of nitrogens with one attached hydrogen (secondary N) is 1. The van der Waals surface area contributed by atoms with E-state index < -0.39 is 10.0 Å². The lowest BCUT2D eigenvalue weighted by Gasteiger charge is -2.38. The third kappa shape index (κ3) is 3.92. The van der Waals surface area contributed by atoms with E-state index in [1.165, 1.54) is 11.8 Å². The molecule has 1 aromatic heterocycles. The maximum Gasteiger partial charge on any atom is 0.244 e. The SMILES string of the molecule is O=S(=O)(c1ccc(NCC2(c3ccccc3)CCOCC2)nc1)N1CCCC1. The first kappa shape index (κ1) is 19.4. The van der Waals surface area contributed by atoms with Gasteiger partial charge >= 0.3 is 0 Å². The second-order valence-corrected chi connectivity index (χ2v) is 9.54. The summed E-state index contributed by atoms with van der Waals surface area (Å²) in [5.41, 5.74) is 1.31. The van der Waals surface area contributed by atoms with Crippen LogP contribution in [-0.2, 0) is 20.2 Å². The Morgan fingerprint density at radius 3 is 2.39 bits per heavy atom. The minimum atomic E-state index is -3.42. The molecule has 150 valence electrons. The Labute approximate surface area is 167 Å². The van der Waals surface area contributed by atoms with E-state index in [0.717, 1.165) is 45.4 Å². The Bertz CT molecular complexity index is 873. The maximum absolute atomic E-state index is 12.6. The van der Waals surface area contributed by atoms with Gasteiger partial charge in [-0.15, -0.1) is 0 Å². The molecule has 0 amide bonds. The summed E-state index contributed by atoms with van der Waals surface area (Å²) in [6.45, 7) is 3.44. The fourth-order valence-electron chi connectivity index (χ4n) is 4.10. The first-order chi connectivity index (χ1) is 13.6. The van der Waals surface area contributed by atoms with Gasteiger partial charge in [-0.05, 0) is 43.4 Å². The van der Waals surface area contributed by atoms with Gasteiger partial charge in [0.25, 0.3) is 0 Å². The van der Waals surface area contributed by atoms with Crippen molar-refractivity contribution in [1.29, 1.82) is 0 Å². The van der Waals surface area contributed by atoms with Crippen molar-refractivity contribution >= 4 is 15.8 Å². The fraction of sp³-hybridized carbons (Fsp3) is 0.476. The van der Waals surface area contributed by atoms with Crippen LogP contribution in [0.15, 0.2) is 53.6 Å². The van der Waals surface area contributed by atoms with E-state index in [1.54, 1.807) is 16.4 Å². The van der Waals surface area contributed by atoms with Crippen molar-refractivity contribution in [2.24, 2.45) is 0 Å². The normalized spacial score (nSPS) is 20.1. The lowest BCUT2D eigenvalue weighted by Crippen LogP contribution is -2.40. The zero-order valence-electron chi connectivity index (χ0n) is 16.0. The first-order valence-electron chi connectivity index (χ1n) is 9.94. The van der Waals surface area contributed by atoms with E-state index in [-0.39, 0.29) is 10.3 Å². The Morgan fingerprint density at radius 1 is 1.04 bits per heavy atom. The molecule has 28 heavy (non-hydrogen) atoms. The molecular weight excluding hydrogens is 374 g/mol. The smallest absolute Gasteiger partial charge is 0.244 e. The highest BCUT2D eigenvalue weighted by molar-refractivity contribution is 7.89. The lowest BCUT2D eigenvalue weighted by molar-refractivity contribution is 0.0543. The zero-order valence-corrected chi connectivity index (χ0v) is 16.8. The number of aromatic nitrogens is 1. The Morgan fingerprint density at radius 2 is 1.75 bits per heavy atom. The van der Waals surface area contributed by atoms with E-state index in [0.29, 0.717) is 18.9 Å². The molecular formula is C21H27N3O3S. The summed E-state index contributed by atoms with van der Waals surface area (Å²) in [5.74, 6) is 0.696. The summed E-state index contributed by atoms with van der Waals surface area (Å²) >= 11 is 0. The summed E-state index contributed by atoms with van der Waals surface area (Å²) < 4.78 is 32.4. The zero-order chi connectivity index (χ0) is 19.5. The monoisotopic (exact) mass is 401 g/mol. The molecule has 3 heterocycles. The number of hydrogen-bond acceptors (Lipinski definition) is 5. The molecule has 0 unspecified atom stereocenters. The summed E-state index contributed by atoms with van der Waals surface area (Å²) in [6.07, 6.45) is 5.22. The number of anilines is 1. The minimum absolute atomic E-state index is 0.00148. The van der Waals surface area contributed by atoms with Crippen LogP contribution in [0.2, 0.25) is 0 Å². The third-order valence-corrected chi connectivity index (χ3v) is 7.77. The summed E-state index contributed by atoms with van der Waals surface area (Å²) in [5, 5.41) is 3.43. The van der Waals surface area contributed by atoms with Crippen LogP contribution >= 0.6 is 0 Å². The standard InChI is InChI=1S/C21H27N3O3S/c25-28(26,24-12-4-5-13-24)19-8-9-20(22-16-19)23-17-21(10-14-27-15-11-21)18-6-2-1-3-7-18/h1-3,6-9,16H,4-5,10-15,17H2,(H,22,23). The van der Waals surface area contributed by atoms with Crippen molar-refractivity contribution in [2.45, 2.75) is 36.0 Å². The molecule has 0 spiro atoms. The number of rotatable bonds is 6. The van der Waals surface area contributed by atoms with Gasteiger partial charge in [0.05, 0.1) is 0 Å².